The molecule has 20 heavy (non-hydrogen) atoms. The summed E-state index contributed by atoms with van der Waals surface area (Å²) in [5.41, 5.74) is 6.40. The molecule has 4 nitrogen and oxygen atoms in total. The van der Waals surface area contributed by atoms with E-state index in [1.807, 2.05) is 6.07 Å². The van der Waals surface area contributed by atoms with Crippen LogP contribution in [0, 0.1) is 17.8 Å². The largest absolute Gasteiger partial charge is 0.326 e. The predicted octanol–water partition coefficient (Wildman–Crippen LogP) is 1.86. The minimum Gasteiger partial charge on any atom is -0.326 e. The fraction of sp³-hybridized carbons (Fsp3) is 0.600. The van der Waals surface area contributed by atoms with Crippen LogP contribution in [0.2, 0.25) is 0 Å². The molecule has 110 valence electrons. The summed E-state index contributed by atoms with van der Waals surface area (Å²) < 4.78 is 27.4. The Balaban J connectivity index is 1.66. The molecule has 3 unspecified atom stereocenters. The third-order valence-electron chi connectivity index (χ3n) is 4.86. The van der Waals surface area contributed by atoms with Crippen molar-refractivity contribution in [1.82, 2.24) is 4.72 Å². The molecule has 2 bridgehead atoms. The Morgan fingerprint density at radius 1 is 1.25 bits per heavy atom. The number of rotatable bonds is 5. The van der Waals surface area contributed by atoms with Crippen LogP contribution in [0.5, 0.6) is 0 Å². The highest BCUT2D eigenvalue weighted by Crippen LogP contribution is 2.48. The van der Waals surface area contributed by atoms with Crippen molar-refractivity contribution in [3.63, 3.8) is 0 Å². The van der Waals surface area contributed by atoms with Crippen molar-refractivity contribution in [2.75, 3.05) is 6.54 Å². The number of benzene rings is 1. The van der Waals surface area contributed by atoms with Crippen LogP contribution < -0.4 is 10.5 Å². The first kappa shape index (κ1) is 14.0. The summed E-state index contributed by atoms with van der Waals surface area (Å²) in [6, 6.07) is 6.87. The van der Waals surface area contributed by atoms with Crippen LogP contribution in [0.1, 0.15) is 31.2 Å². The zero-order valence-corrected chi connectivity index (χ0v) is 12.4. The van der Waals surface area contributed by atoms with Gasteiger partial charge >= 0.3 is 0 Å². The topological polar surface area (TPSA) is 72.2 Å². The molecule has 0 saturated heterocycles. The minimum atomic E-state index is -3.40. The van der Waals surface area contributed by atoms with Gasteiger partial charge in [-0.25, -0.2) is 13.1 Å². The minimum absolute atomic E-state index is 0.323. The molecule has 0 heterocycles. The van der Waals surface area contributed by atoms with E-state index in [0.717, 1.165) is 17.4 Å². The summed E-state index contributed by atoms with van der Waals surface area (Å²) >= 11 is 0. The van der Waals surface area contributed by atoms with Gasteiger partial charge in [-0.3, -0.25) is 0 Å². The Labute approximate surface area is 120 Å². The molecule has 1 aromatic rings. The van der Waals surface area contributed by atoms with E-state index < -0.39 is 10.0 Å². The van der Waals surface area contributed by atoms with E-state index in [2.05, 4.69) is 4.72 Å². The number of fused-ring (bicyclic) bond motifs is 2. The average molecular weight is 294 g/mol. The lowest BCUT2D eigenvalue weighted by molar-refractivity contribution is 0.333. The van der Waals surface area contributed by atoms with E-state index in [4.69, 9.17) is 5.73 Å². The highest BCUT2D eigenvalue weighted by atomic mass is 32.2. The first-order chi connectivity index (χ1) is 9.58. The van der Waals surface area contributed by atoms with Crippen LogP contribution in [-0.2, 0) is 16.6 Å². The Hall–Kier alpha value is -0.910. The van der Waals surface area contributed by atoms with Gasteiger partial charge in [0.25, 0.3) is 0 Å². The molecule has 0 amide bonds. The molecule has 5 heteroatoms. The van der Waals surface area contributed by atoms with Crippen LogP contribution in [0.15, 0.2) is 29.2 Å². The van der Waals surface area contributed by atoms with Crippen molar-refractivity contribution in [2.24, 2.45) is 23.5 Å². The second-order valence-electron chi connectivity index (χ2n) is 6.14. The molecule has 2 saturated carbocycles. The maximum absolute atomic E-state index is 12.3. The Morgan fingerprint density at radius 2 is 2.10 bits per heavy atom. The first-order valence-corrected chi connectivity index (χ1v) is 8.85. The van der Waals surface area contributed by atoms with Crippen LogP contribution in [-0.4, -0.2) is 15.0 Å². The molecule has 0 aliphatic heterocycles. The molecule has 0 spiro atoms. The monoisotopic (exact) mass is 294 g/mol. The van der Waals surface area contributed by atoms with Gasteiger partial charge in [-0.15, -0.1) is 0 Å². The number of hydrogen-bond donors (Lipinski definition) is 2. The van der Waals surface area contributed by atoms with E-state index in [9.17, 15) is 8.42 Å². The lowest BCUT2D eigenvalue weighted by Crippen LogP contribution is -2.31. The van der Waals surface area contributed by atoms with Crippen molar-refractivity contribution >= 4 is 10.0 Å². The van der Waals surface area contributed by atoms with E-state index >= 15 is 0 Å². The fourth-order valence-electron chi connectivity index (χ4n) is 3.77. The highest BCUT2D eigenvalue weighted by Gasteiger charge is 2.39. The van der Waals surface area contributed by atoms with Gasteiger partial charge in [-0.2, -0.15) is 0 Å². The molecule has 0 radical (unpaired) electrons. The van der Waals surface area contributed by atoms with E-state index in [1.54, 1.807) is 18.2 Å². The van der Waals surface area contributed by atoms with Gasteiger partial charge in [0.1, 0.15) is 0 Å². The van der Waals surface area contributed by atoms with Gasteiger partial charge in [0.05, 0.1) is 4.90 Å². The van der Waals surface area contributed by atoms with E-state index in [1.165, 1.54) is 25.7 Å². The van der Waals surface area contributed by atoms with E-state index in [0.29, 0.717) is 23.9 Å². The number of nitrogens with two attached hydrogens (primary N) is 1. The summed E-state index contributed by atoms with van der Waals surface area (Å²) in [6.07, 6.45) is 5.11. The average Bonchev–Trinajstić information content (AvgIpc) is 3.08. The van der Waals surface area contributed by atoms with Crippen molar-refractivity contribution in [3.8, 4) is 0 Å². The molecule has 2 fully saturated rings. The second-order valence-corrected chi connectivity index (χ2v) is 7.91. The van der Waals surface area contributed by atoms with Crippen molar-refractivity contribution in [1.29, 1.82) is 0 Å². The zero-order valence-electron chi connectivity index (χ0n) is 11.6. The maximum Gasteiger partial charge on any atom is 0.240 e. The third kappa shape index (κ3) is 2.75. The van der Waals surface area contributed by atoms with Gasteiger partial charge in [0.15, 0.2) is 0 Å². The Morgan fingerprint density at radius 3 is 2.75 bits per heavy atom. The quantitative estimate of drug-likeness (QED) is 0.870. The maximum atomic E-state index is 12.3. The molecule has 3 rings (SSSR count). The lowest BCUT2D eigenvalue weighted by Gasteiger charge is -2.21. The van der Waals surface area contributed by atoms with Gasteiger partial charge in [0, 0.05) is 13.1 Å². The van der Waals surface area contributed by atoms with Gasteiger partial charge in [-0.1, -0.05) is 18.6 Å². The highest BCUT2D eigenvalue weighted by molar-refractivity contribution is 7.89. The molecular formula is C15H22N2O2S. The van der Waals surface area contributed by atoms with Crippen LogP contribution in [0.4, 0.5) is 0 Å². The molecule has 3 N–H and O–H groups in total. The summed E-state index contributed by atoms with van der Waals surface area (Å²) in [4.78, 5) is 0.323. The summed E-state index contributed by atoms with van der Waals surface area (Å²) in [5.74, 6) is 2.11. The van der Waals surface area contributed by atoms with Crippen LogP contribution in [0.25, 0.3) is 0 Å². The van der Waals surface area contributed by atoms with Gasteiger partial charge in [0.2, 0.25) is 10.0 Å². The second kappa shape index (κ2) is 5.47. The summed E-state index contributed by atoms with van der Waals surface area (Å²) in [5, 5.41) is 0. The van der Waals surface area contributed by atoms with E-state index in [-0.39, 0.29) is 0 Å². The molecule has 3 atom stereocenters. The molecule has 2 aliphatic carbocycles. The van der Waals surface area contributed by atoms with Crippen molar-refractivity contribution < 1.29 is 8.42 Å². The SMILES string of the molecule is NCc1cccc(S(=O)(=O)NCC2CC3CCC2C3)c1. The molecule has 1 aromatic carbocycles. The predicted molar refractivity (Wildman–Crippen MR) is 78.5 cm³/mol. The molecule has 0 aromatic heterocycles. The number of sulfonamides is 1. The van der Waals surface area contributed by atoms with Gasteiger partial charge < -0.3 is 5.73 Å². The van der Waals surface area contributed by atoms with Crippen LogP contribution >= 0.6 is 0 Å². The van der Waals surface area contributed by atoms with Gasteiger partial charge in [-0.05, 0) is 54.7 Å². The Kier molecular flexibility index (Phi) is 3.84. The summed E-state index contributed by atoms with van der Waals surface area (Å²) in [6.45, 7) is 0.937. The summed E-state index contributed by atoms with van der Waals surface area (Å²) in [7, 11) is -3.40. The third-order valence-corrected chi connectivity index (χ3v) is 6.29. The van der Waals surface area contributed by atoms with Crippen molar-refractivity contribution in [3.05, 3.63) is 29.8 Å². The normalized spacial score (nSPS) is 28.9. The molecular weight excluding hydrogens is 272 g/mol. The number of hydrogen-bond acceptors (Lipinski definition) is 3. The van der Waals surface area contributed by atoms with Crippen LogP contribution in [0.3, 0.4) is 0 Å². The zero-order chi connectivity index (χ0) is 14.2. The number of nitrogens with one attached hydrogen (secondary N) is 1. The lowest BCUT2D eigenvalue weighted by atomic mass is 9.89. The first-order valence-electron chi connectivity index (χ1n) is 7.37. The smallest absolute Gasteiger partial charge is 0.240 e. The fourth-order valence-corrected chi connectivity index (χ4v) is 4.93. The molecule has 2 aliphatic rings. The van der Waals surface area contributed by atoms with Crippen molar-refractivity contribution in [2.45, 2.75) is 37.1 Å². The Bertz CT molecular complexity index is 585. The standard InChI is InChI=1S/C15H22N2O2S/c16-9-12-2-1-3-15(8-12)20(18,19)17-10-14-7-11-4-5-13(14)6-11/h1-3,8,11,13-14,17H,4-7,9-10,16H2.